The van der Waals surface area contributed by atoms with Gasteiger partial charge >= 0.3 is 5.97 Å². The average molecular weight is 300 g/mol. The number of carboxylic acid groups (broad SMARTS) is 1. The summed E-state index contributed by atoms with van der Waals surface area (Å²) in [4.78, 5) is 33.3. The van der Waals surface area contributed by atoms with Gasteiger partial charge in [-0.05, 0) is 12.1 Å². The molecule has 112 valence electrons. The molecule has 2 atom stereocenters. The molecule has 7 nitrogen and oxygen atoms in total. The van der Waals surface area contributed by atoms with Crippen molar-refractivity contribution in [3.63, 3.8) is 0 Å². The number of anilines is 1. The van der Waals surface area contributed by atoms with E-state index in [4.69, 9.17) is 5.11 Å². The van der Waals surface area contributed by atoms with Crippen LogP contribution in [0.3, 0.4) is 0 Å². The second-order valence-corrected chi connectivity index (χ2v) is 4.18. The molecule has 1 aliphatic heterocycles. The van der Waals surface area contributed by atoms with Crippen LogP contribution in [-0.4, -0.2) is 41.6 Å². The fourth-order valence-corrected chi connectivity index (χ4v) is 1.57. The molecule has 3 N–H and O–H groups in total. The van der Waals surface area contributed by atoms with Crippen LogP contribution in [0.1, 0.15) is 0 Å². The summed E-state index contributed by atoms with van der Waals surface area (Å²) in [7, 11) is 0. The van der Waals surface area contributed by atoms with E-state index in [1.54, 1.807) is 0 Å². The molecule has 21 heavy (non-hydrogen) atoms. The molecule has 1 saturated heterocycles. The van der Waals surface area contributed by atoms with E-state index in [0.717, 1.165) is 18.2 Å². The molecule has 0 unspecified atom stereocenters. The first-order valence-corrected chi connectivity index (χ1v) is 5.80. The van der Waals surface area contributed by atoms with Crippen molar-refractivity contribution in [2.24, 2.45) is 0 Å². The van der Waals surface area contributed by atoms with Gasteiger partial charge in [0.15, 0.2) is 12.2 Å². The summed E-state index contributed by atoms with van der Waals surface area (Å²) in [6.45, 7) is -0.571. The second kappa shape index (κ2) is 5.83. The number of para-hydroxylation sites is 1. The number of hydrogen-bond acceptors (Lipinski definition) is 4. The Bertz CT molecular complexity index is 587. The van der Waals surface area contributed by atoms with E-state index >= 15 is 0 Å². The number of ether oxygens (including phenoxy) is 1. The van der Waals surface area contributed by atoms with Gasteiger partial charge in [-0.15, -0.1) is 0 Å². The molecule has 0 bridgehead atoms. The van der Waals surface area contributed by atoms with Crippen LogP contribution < -0.4 is 10.6 Å². The summed E-state index contributed by atoms with van der Waals surface area (Å²) in [6.07, 6.45) is -2.38. The second-order valence-electron chi connectivity index (χ2n) is 4.18. The van der Waals surface area contributed by atoms with Gasteiger partial charge in [0.2, 0.25) is 5.91 Å². The monoisotopic (exact) mass is 300 g/mol. The van der Waals surface area contributed by atoms with Gasteiger partial charge in [-0.25, -0.2) is 13.6 Å². The van der Waals surface area contributed by atoms with Crippen molar-refractivity contribution < 1.29 is 33.0 Å². The van der Waals surface area contributed by atoms with Gasteiger partial charge in [0.25, 0.3) is 5.91 Å². The maximum Gasteiger partial charge on any atom is 0.336 e. The number of carbonyl (C=O) groups is 3. The first kappa shape index (κ1) is 14.9. The molecule has 1 aromatic carbocycles. The predicted molar refractivity (Wildman–Crippen MR) is 64.3 cm³/mol. The summed E-state index contributed by atoms with van der Waals surface area (Å²) in [5.41, 5.74) is -0.622. The SMILES string of the molecule is O=C(CNC(=O)[C@@H]1O[C@H]1C(=O)O)Nc1c(F)cccc1F. The number of halogens is 2. The molecular weight excluding hydrogens is 290 g/mol. The van der Waals surface area contributed by atoms with Crippen LogP contribution in [0.2, 0.25) is 0 Å². The van der Waals surface area contributed by atoms with Crippen molar-refractivity contribution >= 4 is 23.5 Å². The number of hydrogen-bond donors (Lipinski definition) is 3. The highest BCUT2D eigenvalue weighted by Crippen LogP contribution is 2.22. The molecule has 1 heterocycles. The van der Waals surface area contributed by atoms with Crippen LogP contribution >= 0.6 is 0 Å². The van der Waals surface area contributed by atoms with Crippen molar-refractivity contribution in [2.75, 3.05) is 11.9 Å². The fourth-order valence-electron chi connectivity index (χ4n) is 1.57. The highest BCUT2D eigenvalue weighted by Gasteiger charge is 2.50. The van der Waals surface area contributed by atoms with Crippen LogP contribution in [-0.2, 0) is 19.1 Å². The molecule has 9 heteroatoms. The maximum absolute atomic E-state index is 13.3. The lowest BCUT2D eigenvalue weighted by molar-refractivity contribution is -0.138. The molecular formula is C12H10F2N2O5. The zero-order valence-electron chi connectivity index (χ0n) is 10.4. The quantitative estimate of drug-likeness (QED) is 0.657. The minimum Gasteiger partial charge on any atom is -0.479 e. The van der Waals surface area contributed by atoms with E-state index in [1.807, 2.05) is 5.32 Å². The van der Waals surface area contributed by atoms with Crippen LogP contribution in [0.4, 0.5) is 14.5 Å². The number of epoxide rings is 1. The van der Waals surface area contributed by atoms with E-state index in [2.05, 4.69) is 10.1 Å². The van der Waals surface area contributed by atoms with Gasteiger partial charge < -0.3 is 20.5 Å². The van der Waals surface area contributed by atoms with Gasteiger partial charge in [0, 0.05) is 0 Å². The smallest absolute Gasteiger partial charge is 0.336 e. The zero-order chi connectivity index (χ0) is 15.6. The third kappa shape index (κ3) is 3.51. The van der Waals surface area contributed by atoms with Crippen molar-refractivity contribution in [1.29, 1.82) is 0 Å². The van der Waals surface area contributed by atoms with Crippen molar-refractivity contribution in [2.45, 2.75) is 12.2 Å². The fraction of sp³-hybridized carbons (Fsp3) is 0.250. The van der Waals surface area contributed by atoms with E-state index < -0.39 is 53.9 Å². The molecule has 1 fully saturated rings. The Hall–Kier alpha value is -2.55. The normalized spacial score (nSPS) is 19.7. The lowest BCUT2D eigenvalue weighted by atomic mass is 10.3. The number of carbonyl (C=O) groups excluding carboxylic acids is 2. The Labute approximate surface area is 116 Å². The summed E-state index contributed by atoms with van der Waals surface area (Å²) < 4.78 is 31.1. The Morgan fingerprint density at radius 1 is 1.19 bits per heavy atom. The first-order valence-electron chi connectivity index (χ1n) is 5.80. The van der Waals surface area contributed by atoms with E-state index in [9.17, 15) is 23.2 Å². The number of nitrogens with one attached hydrogen (secondary N) is 2. The van der Waals surface area contributed by atoms with E-state index in [0.29, 0.717) is 0 Å². The van der Waals surface area contributed by atoms with Crippen LogP contribution in [0.15, 0.2) is 18.2 Å². The third-order valence-corrected chi connectivity index (χ3v) is 2.64. The van der Waals surface area contributed by atoms with Crippen molar-refractivity contribution in [1.82, 2.24) is 5.32 Å². The molecule has 1 aromatic rings. The number of aliphatic carboxylic acids is 1. The van der Waals surface area contributed by atoms with Gasteiger partial charge in [0.1, 0.15) is 17.3 Å². The zero-order valence-corrected chi connectivity index (χ0v) is 10.4. The summed E-state index contributed by atoms with van der Waals surface area (Å²) in [5.74, 6) is -4.84. The lowest BCUT2D eigenvalue weighted by Crippen LogP contribution is -2.36. The Kier molecular flexibility index (Phi) is 4.13. The van der Waals surface area contributed by atoms with Crippen molar-refractivity contribution in [3.05, 3.63) is 29.8 Å². The minimum atomic E-state index is -1.28. The molecule has 1 aliphatic rings. The van der Waals surface area contributed by atoms with Gasteiger partial charge in [-0.1, -0.05) is 6.07 Å². The average Bonchev–Trinajstić information content (AvgIpc) is 3.21. The Morgan fingerprint density at radius 2 is 1.81 bits per heavy atom. The molecule has 2 rings (SSSR count). The molecule has 0 saturated carbocycles. The molecule has 0 spiro atoms. The summed E-state index contributed by atoms with van der Waals surface area (Å²) >= 11 is 0. The number of carboxylic acids is 1. The van der Waals surface area contributed by atoms with Crippen LogP contribution in [0, 0.1) is 11.6 Å². The molecule has 2 amide bonds. The lowest BCUT2D eigenvalue weighted by Gasteiger charge is -2.07. The number of benzene rings is 1. The Morgan fingerprint density at radius 3 is 2.33 bits per heavy atom. The van der Waals surface area contributed by atoms with E-state index in [-0.39, 0.29) is 0 Å². The summed E-state index contributed by atoms with van der Waals surface area (Å²) in [6, 6.07) is 3.07. The number of rotatable bonds is 5. The standard InChI is InChI=1S/C12H10F2N2O5/c13-5-2-1-3-6(14)8(5)16-7(17)4-15-11(18)9-10(21-9)12(19)20/h1-3,9-10H,4H2,(H,15,18)(H,16,17)(H,19,20)/t9-,10-/m1/s1. The van der Waals surface area contributed by atoms with Crippen LogP contribution in [0.25, 0.3) is 0 Å². The third-order valence-electron chi connectivity index (χ3n) is 2.64. The van der Waals surface area contributed by atoms with Gasteiger partial charge in [0.05, 0.1) is 6.54 Å². The molecule has 0 radical (unpaired) electrons. The number of amides is 2. The van der Waals surface area contributed by atoms with E-state index in [1.165, 1.54) is 0 Å². The largest absolute Gasteiger partial charge is 0.479 e. The van der Waals surface area contributed by atoms with Crippen molar-refractivity contribution in [3.8, 4) is 0 Å². The minimum absolute atomic E-state index is 0.571. The predicted octanol–water partition coefficient (Wildman–Crippen LogP) is -0.128. The first-order chi connectivity index (χ1) is 9.90. The molecule has 0 aromatic heterocycles. The van der Waals surface area contributed by atoms with Crippen LogP contribution in [0.5, 0.6) is 0 Å². The van der Waals surface area contributed by atoms with Gasteiger partial charge in [-0.3, -0.25) is 9.59 Å². The molecule has 0 aliphatic carbocycles. The topological polar surface area (TPSA) is 108 Å². The highest BCUT2D eigenvalue weighted by molar-refractivity contribution is 5.97. The highest BCUT2D eigenvalue weighted by atomic mass is 19.1. The Balaban J connectivity index is 1.83. The summed E-state index contributed by atoms with van der Waals surface area (Å²) in [5, 5.41) is 12.6. The maximum atomic E-state index is 13.3. The van der Waals surface area contributed by atoms with Gasteiger partial charge in [-0.2, -0.15) is 0 Å².